The third-order valence-electron chi connectivity index (χ3n) is 4.42. The van der Waals surface area contributed by atoms with Crippen molar-refractivity contribution < 1.29 is 4.39 Å². The number of thiophene rings is 1. The molecule has 0 radical (unpaired) electrons. The van der Waals surface area contributed by atoms with Crippen LogP contribution in [0.15, 0.2) is 46.6 Å². The Morgan fingerprint density at radius 3 is 2.96 bits per heavy atom. The van der Waals surface area contributed by atoms with Gasteiger partial charge in [0.15, 0.2) is 0 Å². The molecule has 4 aromatic rings. The monoisotopic (exact) mass is 371 g/mol. The molecule has 1 atom stereocenters. The van der Waals surface area contributed by atoms with Crippen LogP contribution in [0.1, 0.15) is 27.9 Å². The van der Waals surface area contributed by atoms with Crippen LogP contribution in [0.5, 0.6) is 0 Å². The first-order valence-corrected chi connectivity index (χ1v) is 9.93. The zero-order valence-corrected chi connectivity index (χ0v) is 15.4. The van der Waals surface area contributed by atoms with Crippen molar-refractivity contribution in [2.75, 3.05) is 0 Å². The number of aromatic amines is 1. The van der Waals surface area contributed by atoms with Crippen LogP contribution in [0.3, 0.4) is 0 Å². The lowest BCUT2D eigenvalue weighted by Crippen LogP contribution is -2.23. The summed E-state index contributed by atoms with van der Waals surface area (Å²) in [6.45, 7) is 2.73. The van der Waals surface area contributed by atoms with Crippen molar-refractivity contribution in [3.8, 4) is 0 Å². The molecule has 0 bridgehead atoms. The Kier molecular flexibility index (Phi) is 4.65. The highest BCUT2D eigenvalue weighted by atomic mass is 32.1. The van der Waals surface area contributed by atoms with Gasteiger partial charge in [-0.2, -0.15) is 11.3 Å². The summed E-state index contributed by atoms with van der Waals surface area (Å²) in [6, 6.07) is 7.20. The summed E-state index contributed by atoms with van der Waals surface area (Å²) in [7, 11) is 0. The molecular weight excluding hydrogens is 353 g/mol. The molecule has 0 spiro atoms. The molecular formula is C19H18FN3S2. The lowest BCUT2D eigenvalue weighted by atomic mass is 10.1. The average molecular weight is 372 g/mol. The van der Waals surface area contributed by atoms with Gasteiger partial charge in [0.05, 0.1) is 6.04 Å². The van der Waals surface area contributed by atoms with Crippen molar-refractivity contribution >= 4 is 33.6 Å². The largest absolute Gasteiger partial charge is 0.357 e. The highest BCUT2D eigenvalue weighted by Crippen LogP contribution is 2.25. The maximum absolute atomic E-state index is 13.5. The SMILES string of the molecule is Cc1c(CN[C@@H](Cc2ccsc2)c2nccs2)[nH]c2ccc(F)cc12. The fourth-order valence-corrected chi connectivity index (χ4v) is 4.45. The molecule has 3 nitrogen and oxygen atoms in total. The van der Waals surface area contributed by atoms with Crippen molar-refractivity contribution in [3.05, 3.63) is 74.2 Å². The summed E-state index contributed by atoms with van der Waals surface area (Å²) >= 11 is 3.38. The molecule has 3 heterocycles. The van der Waals surface area contributed by atoms with Crippen LogP contribution in [0.25, 0.3) is 10.9 Å². The van der Waals surface area contributed by atoms with Crippen LogP contribution >= 0.6 is 22.7 Å². The van der Waals surface area contributed by atoms with Gasteiger partial charge in [-0.1, -0.05) is 0 Å². The lowest BCUT2D eigenvalue weighted by Gasteiger charge is -2.16. The quantitative estimate of drug-likeness (QED) is 0.489. The van der Waals surface area contributed by atoms with Gasteiger partial charge >= 0.3 is 0 Å². The number of hydrogen-bond donors (Lipinski definition) is 2. The third-order valence-corrected chi connectivity index (χ3v) is 6.04. The molecule has 0 fully saturated rings. The molecule has 0 amide bonds. The molecule has 0 unspecified atom stereocenters. The first-order valence-electron chi connectivity index (χ1n) is 8.11. The number of aryl methyl sites for hydroxylation is 1. The second-order valence-corrected chi connectivity index (χ2v) is 7.76. The zero-order chi connectivity index (χ0) is 17.2. The van der Waals surface area contributed by atoms with Crippen LogP contribution in [0, 0.1) is 12.7 Å². The number of benzene rings is 1. The topological polar surface area (TPSA) is 40.7 Å². The van der Waals surface area contributed by atoms with Crippen molar-refractivity contribution in [1.29, 1.82) is 0 Å². The van der Waals surface area contributed by atoms with E-state index in [2.05, 4.69) is 32.1 Å². The predicted molar refractivity (Wildman–Crippen MR) is 103 cm³/mol. The number of H-pyrrole nitrogens is 1. The van der Waals surface area contributed by atoms with Gasteiger partial charge in [-0.3, -0.25) is 0 Å². The highest BCUT2D eigenvalue weighted by Gasteiger charge is 2.16. The van der Waals surface area contributed by atoms with Gasteiger partial charge < -0.3 is 10.3 Å². The van der Waals surface area contributed by atoms with Crippen molar-refractivity contribution in [1.82, 2.24) is 15.3 Å². The fourth-order valence-electron chi connectivity index (χ4n) is 3.05. The molecule has 128 valence electrons. The van der Waals surface area contributed by atoms with Crippen LogP contribution in [-0.2, 0) is 13.0 Å². The molecule has 4 rings (SSSR count). The minimum Gasteiger partial charge on any atom is -0.357 e. The number of nitrogens with zero attached hydrogens (tertiary/aromatic N) is 1. The number of halogens is 1. The Morgan fingerprint density at radius 2 is 2.20 bits per heavy atom. The molecule has 0 aliphatic rings. The maximum Gasteiger partial charge on any atom is 0.123 e. The van der Waals surface area contributed by atoms with E-state index in [0.29, 0.717) is 6.54 Å². The van der Waals surface area contributed by atoms with E-state index in [9.17, 15) is 4.39 Å². The van der Waals surface area contributed by atoms with Gasteiger partial charge in [0.25, 0.3) is 0 Å². The van der Waals surface area contributed by atoms with E-state index in [1.807, 2.05) is 18.5 Å². The maximum atomic E-state index is 13.5. The first kappa shape index (κ1) is 16.4. The summed E-state index contributed by atoms with van der Waals surface area (Å²) in [5.74, 6) is -0.202. The summed E-state index contributed by atoms with van der Waals surface area (Å²) in [6.07, 6.45) is 2.75. The zero-order valence-electron chi connectivity index (χ0n) is 13.8. The Balaban J connectivity index is 1.56. The van der Waals surface area contributed by atoms with E-state index in [-0.39, 0.29) is 11.9 Å². The van der Waals surface area contributed by atoms with E-state index >= 15 is 0 Å². The Morgan fingerprint density at radius 1 is 1.28 bits per heavy atom. The minimum absolute atomic E-state index is 0.164. The van der Waals surface area contributed by atoms with Gasteiger partial charge in [-0.05, 0) is 59.5 Å². The molecule has 3 aromatic heterocycles. The molecule has 2 N–H and O–H groups in total. The number of hydrogen-bond acceptors (Lipinski definition) is 4. The number of nitrogens with one attached hydrogen (secondary N) is 2. The van der Waals surface area contributed by atoms with Gasteiger partial charge in [-0.25, -0.2) is 9.37 Å². The molecule has 25 heavy (non-hydrogen) atoms. The van der Waals surface area contributed by atoms with E-state index < -0.39 is 0 Å². The van der Waals surface area contributed by atoms with E-state index in [1.165, 1.54) is 11.6 Å². The molecule has 0 aliphatic carbocycles. The smallest absolute Gasteiger partial charge is 0.123 e. The first-order chi connectivity index (χ1) is 12.2. The number of rotatable bonds is 6. The van der Waals surface area contributed by atoms with Crippen LogP contribution in [0.2, 0.25) is 0 Å². The molecule has 6 heteroatoms. The molecule has 0 saturated heterocycles. The summed E-state index contributed by atoms with van der Waals surface area (Å²) < 4.78 is 13.5. The molecule has 0 saturated carbocycles. The van der Waals surface area contributed by atoms with Crippen molar-refractivity contribution in [2.45, 2.75) is 25.9 Å². The van der Waals surface area contributed by atoms with Gasteiger partial charge in [0, 0.05) is 34.7 Å². The van der Waals surface area contributed by atoms with Gasteiger partial charge in [-0.15, -0.1) is 11.3 Å². The van der Waals surface area contributed by atoms with Crippen molar-refractivity contribution in [3.63, 3.8) is 0 Å². The fraction of sp³-hybridized carbons (Fsp3) is 0.211. The van der Waals surface area contributed by atoms with E-state index in [1.54, 1.807) is 34.8 Å². The third kappa shape index (κ3) is 3.51. The van der Waals surface area contributed by atoms with E-state index in [0.717, 1.165) is 33.6 Å². The van der Waals surface area contributed by atoms with Crippen molar-refractivity contribution in [2.24, 2.45) is 0 Å². The summed E-state index contributed by atoms with van der Waals surface area (Å²) in [5, 5.41) is 11.9. The molecule has 0 aliphatic heterocycles. The number of aromatic nitrogens is 2. The van der Waals surface area contributed by atoms with Crippen LogP contribution < -0.4 is 5.32 Å². The van der Waals surface area contributed by atoms with Crippen LogP contribution in [-0.4, -0.2) is 9.97 Å². The van der Waals surface area contributed by atoms with Gasteiger partial charge in [0.2, 0.25) is 0 Å². The minimum atomic E-state index is -0.202. The summed E-state index contributed by atoms with van der Waals surface area (Å²) in [4.78, 5) is 7.89. The molecule has 1 aromatic carbocycles. The normalized spacial score (nSPS) is 12.7. The number of thiazole rings is 1. The second kappa shape index (κ2) is 7.07. The average Bonchev–Trinajstić information content (AvgIpc) is 3.34. The predicted octanol–water partition coefficient (Wildman–Crippen LogP) is 5.21. The van der Waals surface area contributed by atoms with Crippen LogP contribution in [0.4, 0.5) is 4.39 Å². The lowest BCUT2D eigenvalue weighted by molar-refractivity contribution is 0.524. The van der Waals surface area contributed by atoms with Gasteiger partial charge in [0.1, 0.15) is 10.8 Å². The summed E-state index contributed by atoms with van der Waals surface area (Å²) in [5.41, 5.74) is 4.47. The van der Waals surface area contributed by atoms with E-state index in [4.69, 9.17) is 0 Å². The Hall–Kier alpha value is -2.02. The Labute approximate surface area is 153 Å². The highest BCUT2D eigenvalue weighted by molar-refractivity contribution is 7.09. The second-order valence-electron chi connectivity index (χ2n) is 6.06. The number of fused-ring (bicyclic) bond motifs is 1. The standard InChI is InChI=1S/C19H18FN3S2/c1-12-15-9-14(20)2-3-16(15)23-18(12)10-22-17(19-21-5-7-25-19)8-13-4-6-24-11-13/h2-7,9,11,17,22-23H,8,10H2,1H3/t17-/m0/s1. The Bertz CT molecular complexity index is 958.